The second kappa shape index (κ2) is 12.1. The van der Waals surface area contributed by atoms with Crippen molar-refractivity contribution in [2.24, 2.45) is 5.92 Å². The van der Waals surface area contributed by atoms with Gasteiger partial charge in [-0.1, -0.05) is 0 Å². The number of β-amino-alcohol motifs (C(OH)–C–C–N with tert-alkyl or cyclic N) is 1. The molecule has 4 N–H and O–H groups in total. The molecule has 4 rings (SSSR count). The van der Waals surface area contributed by atoms with Crippen molar-refractivity contribution in [3.05, 3.63) is 51.9 Å². The Morgan fingerprint density at radius 2 is 1.83 bits per heavy atom. The van der Waals surface area contributed by atoms with Crippen LogP contribution in [0.4, 0.5) is 5.69 Å². The molecule has 1 aliphatic heterocycles. The average Bonchev–Trinajstić information content (AvgIpc) is 3.23. The van der Waals surface area contributed by atoms with E-state index in [1.165, 1.54) is 0 Å². The molecule has 1 saturated heterocycles. The van der Waals surface area contributed by atoms with Gasteiger partial charge in [0.25, 0.3) is 0 Å². The number of nitrogens with one attached hydrogen (secondary N) is 3. The van der Waals surface area contributed by atoms with Crippen LogP contribution in [0.25, 0.3) is 11.0 Å². The molecule has 0 saturated carbocycles. The molecule has 1 fully saturated rings. The first-order valence-electron chi connectivity index (χ1n) is 11.6. The highest BCUT2D eigenvalue weighted by atomic mass is 35.5. The number of amides is 1. The van der Waals surface area contributed by atoms with Gasteiger partial charge in [0.1, 0.15) is 29.7 Å². The Balaban J connectivity index is 0.00000342. The second-order valence-corrected chi connectivity index (χ2v) is 8.95. The maximum absolute atomic E-state index is 11.8. The number of nitrogens with zero attached hydrogens (tertiary/aromatic N) is 1. The van der Waals surface area contributed by atoms with Crippen LogP contribution in [-0.2, 0) is 4.79 Å². The molecule has 0 bridgehead atoms. The van der Waals surface area contributed by atoms with Crippen LogP contribution < -0.4 is 20.5 Å². The van der Waals surface area contributed by atoms with Crippen LogP contribution in [0.3, 0.4) is 0 Å². The Morgan fingerprint density at radius 1 is 1.14 bits per heavy atom. The summed E-state index contributed by atoms with van der Waals surface area (Å²) in [6.45, 7) is 7.06. The molecule has 1 aliphatic rings. The maximum Gasteiger partial charge on any atom is 0.323 e. The number of anilines is 1. The summed E-state index contributed by atoms with van der Waals surface area (Å²) in [6.07, 6.45) is 2.02. The van der Waals surface area contributed by atoms with Crippen molar-refractivity contribution in [3.8, 4) is 11.5 Å². The van der Waals surface area contributed by atoms with E-state index in [1.54, 1.807) is 0 Å². The maximum atomic E-state index is 11.8. The Morgan fingerprint density at radius 3 is 2.51 bits per heavy atom. The summed E-state index contributed by atoms with van der Waals surface area (Å²) in [4.78, 5) is 30.1. The van der Waals surface area contributed by atoms with Crippen LogP contribution in [0.1, 0.15) is 24.0 Å². The molecule has 1 aromatic heterocycles. The Labute approximate surface area is 210 Å². The number of aryl methyl sites for hydroxylation is 2. The first-order valence-corrected chi connectivity index (χ1v) is 11.6. The lowest BCUT2D eigenvalue weighted by molar-refractivity contribution is -0.105. The molecule has 3 aromatic rings. The Bertz CT molecular complexity index is 1170. The number of hydrogen-bond donors (Lipinski definition) is 4. The highest BCUT2D eigenvalue weighted by Crippen LogP contribution is 2.28. The second-order valence-electron chi connectivity index (χ2n) is 8.95. The summed E-state index contributed by atoms with van der Waals surface area (Å²) < 4.78 is 11.8. The largest absolute Gasteiger partial charge is 0.493 e. The topological polar surface area (TPSA) is 120 Å². The smallest absolute Gasteiger partial charge is 0.323 e. The summed E-state index contributed by atoms with van der Waals surface area (Å²) in [5.74, 6) is 1.82. The predicted molar refractivity (Wildman–Crippen MR) is 138 cm³/mol. The van der Waals surface area contributed by atoms with E-state index in [-0.39, 0.29) is 24.7 Å². The number of piperidine rings is 1. The van der Waals surface area contributed by atoms with Gasteiger partial charge >= 0.3 is 5.69 Å². The van der Waals surface area contributed by atoms with Crippen molar-refractivity contribution in [2.75, 3.05) is 38.2 Å². The lowest BCUT2D eigenvalue weighted by Gasteiger charge is -2.33. The third-order valence-electron chi connectivity index (χ3n) is 6.46. The van der Waals surface area contributed by atoms with Crippen LogP contribution in [0.15, 0.2) is 35.1 Å². The normalized spacial score (nSPS) is 15.4. The lowest BCUT2D eigenvalue weighted by atomic mass is 9.97. The summed E-state index contributed by atoms with van der Waals surface area (Å²) in [5, 5.41) is 13.2. The molecule has 2 heterocycles. The van der Waals surface area contributed by atoms with E-state index in [0.717, 1.165) is 54.0 Å². The van der Waals surface area contributed by atoms with Crippen molar-refractivity contribution in [3.63, 3.8) is 0 Å². The van der Waals surface area contributed by atoms with E-state index < -0.39 is 6.10 Å². The minimum absolute atomic E-state index is 0. The quantitative estimate of drug-likeness (QED) is 0.315. The number of ether oxygens (including phenoxy) is 2. The number of halogens is 1. The van der Waals surface area contributed by atoms with E-state index in [2.05, 4.69) is 20.2 Å². The van der Waals surface area contributed by atoms with Crippen molar-refractivity contribution >= 4 is 35.5 Å². The molecule has 0 spiro atoms. The lowest BCUT2D eigenvalue weighted by Crippen LogP contribution is -2.41. The van der Waals surface area contributed by atoms with Gasteiger partial charge in [-0.2, -0.15) is 0 Å². The summed E-state index contributed by atoms with van der Waals surface area (Å²) >= 11 is 0. The number of aliphatic hydroxyl groups is 1. The average molecular weight is 505 g/mol. The number of aromatic amines is 2. The van der Waals surface area contributed by atoms with Crippen LogP contribution in [0.5, 0.6) is 11.5 Å². The van der Waals surface area contributed by atoms with Gasteiger partial charge in [0, 0.05) is 12.2 Å². The van der Waals surface area contributed by atoms with Crippen LogP contribution in [-0.4, -0.2) is 65.3 Å². The molecule has 190 valence electrons. The van der Waals surface area contributed by atoms with E-state index in [1.807, 2.05) is 44.2 Å². The van der Waals surface area contributed by atoms with E-state index in [4.69, 9.17) is 9.47 Å². The fraction of sp³-hybridized carbons (Fsp3) is 0.440. The number of aromatic nitrogens is 2. The SMILES string of the molecule is Cc1cc(OCC(O)CN2CCC(COc3ccc(NC=O)cc3)CC2)c2[nH]c(=O)[nH]c2c1C.Cl. The molecule has 2 aromatic carbocycles. The van der Waals surface area contributed by atoms with Crippen molar-refractivity contribution in [1.29, 1.82) is 0 Å². The van der Waals surface area contributed by atoms with E-state index >= 15 is 0 Å². The minimum Gasteiger partial charge on any atom is -0.493 e. The summed E-state index contributed by atoms with van der Waals surface area (Å²) in [6, 6.07) is 9.22. The first-order chi connectivity index (χ1) is 16.4. The number of carbonyl (C=O) groups excluding carboxylic acids is 1. The van der Waals surface area contributed by atoms with Crippen LogP contribution in [0.2, 0.25) is 0 Å². The highest BCUT2D eigenvalue weighted by molar-refractivity contribution is 5.85. The fourth-order valence-corrected chi connectivity index (χ4v) is 4.34. The number of aliphatic hydroxyl groups excluding tert-OH is 1. The molecule has 1 atom stereocenters. The van der Waals surface area contributed by atoms with Gasteiger partial charge in [0.15, 0.2) is 0 Å². The zero-order valence-electron chi connectivity index (χ0n) is 20.0. The molecule has 35 heavy (non-hydrogen) atoms. The first kappa shape index (κ1) is 26.6. The van der Waals surface area contributed by atoms with E-state index in [9.17, 15) is 14.7 Å². The van der Waals surface area contributed by atoms with Gasteiger partial charge in [0.2, 0.25) is 6.41 Å². The minimum atomic E-state index is -0.631. The van der Waals surface area contributed by atoms with Crippen molar-refractivity contribution < 1.29 is 19.4 Å². The van der Waals surface area contributed by atoms with Gasteiger partial charge in [-0.15, -0.1) is 12.4 Å². The molecular weight excluding hydrogens is 472 g/mol. The molecular formula is C25H33ClN4O5. The Hall–Kier alpha value is -3.01. The predicted octanol–water partition coefficient (Wildman–Crippen LogP) is 2.99. The number of likely N-dealkylation sites (tertiary alicyclic amines) is 1. The molecule has 0 aliphatic carbocycles. The third-order valence-corrected chi connectivity index (χ3v) is 6.46. The Kier molecular flexibility index (Phi) is 9.20. The van der Waals surface area contributed by atoms with Gasteiger partial charge in [-0.25, -0.2) is 4.79 Å². The number of hydrogen-bond acceptors (Lipinski definition) is 6. The number of imidazole rings is 1. The van der Waals surface area contributed by atoms with Crippen LogP contribution >= 0.6 is 12.4 Å². The fourth-order valence-electron chi connectivity index (χ4n) is 4.34. The number of H-pyrrole nitrogens is 2. The monoisotopic (exact) mass is 504 g/mol. The molecule has 9 nitrogen and oxygen atoms in total. The molecule has 10 heteroatoms. The summed E-state index contributed by atoms with van der Waals surface area (Å²) in [7, 11) is 0. The zero-order valence-corrected chi connectivity index (χ0v) is 20.8. The number of fused-ring (bicyclic) bond motifs is 1. The summed E-state index contributed by atoms with van der Waals surface area (Å²) in [5.41, 5.74) is 3.86. The number of rotatable bonds is 10. The van der Waals surface area contributed by atoms with Gasteiger partial charge in [-0.3, -0.25) is 4.79 Å². The third kappa shape index (κ3) is 6.78. The molecule has 1 unspecified atom stereocenters. The van der Waals surface area contributed by atoms with Gasteiger partial charge in [-0.05, 0) is 87.2 Å². The standard InChI is InChI=1S/C25H32N4O5.ClH/c1-16-11-22(24-23(17(16)2)27-25(32)28-24)34-14-20(31)12-29-9-7-18(8-10-29)13-33-21-5-3-19(4-6-21)26-15-30;/h3-6,11,15,18,20,31H,7-10,12-14H2,1-2H3,(H,26,30)(H2,27,28,32);1H. The van der Waals surface area contributed by atoms with Crippen molar-refractivity contribution in [2.45, 2.75) is 32.8 Å². The van der Waals surface area contributed by atoms with Gasteiger partial charge in [0.05, 0.1) is 12.1 Å². The molecule has 0 radical (unpaired) electrons. The van der Waals surface area contributed by atoms with Crippen molar-refractivity contribution in [1.82, 2.24) is 14.9 Å². The zero-order chi connectivity index (χ0) is 24.1. The van der Waals surface area contributed by atoms with Gasteiger partial charge < -0.3 is 34.8 Å². The number of carbonyl (C=O) groups is 1. The highest BCUT2D eigenvalue weighted by Gasteiger charge is 2.22. The molecule has 1 amide bonds. The van der Waals surface area contributed by atoms with Crippen LogP contribution in [0, 0.1) is 19.8 Å². The number of benzene rings is 2. The van der Waals surface area contributed by atoms with E-state index in [0.29, 0.717) is 36.7 Å².